The van der Waals surface area contributed by atoms with Gasteiger partial charge in [0.2, 0.25) is 0 Å². The standard InChI is InChI=1S/C9H13N/c1-4-5-6-7-10-8-9(2)3/h4-8H,1H2,2-3H3. The molecule has 0 radical (unpaired) electrons. The van der Waals surface area contributed by atoms with Crippen molar-refractivity contribution in [3.63, 3.8) is 0 Å². The monoisotopic (exact) mass is 135 g/mol. The maximum Gasteiger partial charge on any atom is 0.0267 e. The lowest BCUT2D eigenvalue weighted by molar-refractivity contribution is 1.34. The van der Waals surface area contributed by atoms with Gasteiger partial charge in [-0.1, -0.05) is 24.3 Å². The average Bonchev–Trinajstić information content (AvgIpc) is 1.87. The Hall–Kier alpha value is -1.11. The molecule has 1 nitrogen and oxygen atoms in total. The number of nitrogens with zero attached hydrogens (tertiary/aromatic N) is 1. The van der Waals surface area contributed by atoms with Crippen molar-refractivity contribution in [2.75, 3.05) is 0 Å². The zero-order chi connectivity index (χ0) is 7.82. The van der Waals surface area contributed by atoms with Gasteiger partial charge in [0.15, 0.2) is 0 Å². The topological polar surface area (TPSA) is 12.4 Å². The van der Waals surface area contributed by atoms with Crippen LogP contribution in [0.1, 0.15) is 13.8 Å². The minimum atomic E-state index is 1.20. The van der Waals surface area contributed by atoms with Crippen LogP contribution in [-0.4, -0.2) is 6.21 Å². The lowest BCUT2D eigenvalue weighted by Gasteiger charge is -1.79. The Morgan fingerprint density at radius 3 is 2.50 bits per heavy atom. The van der Waals surface area contributed by atoms with E-state index in [2.05, 4.69) is 11.6 Å². The Morgan fingerprint density at radius 1 is 1.30 bits per heavy atom. The normalized spacial score (nSPS) is 10.6. The Bertz CT molecular complexity index is 169. The summed E-state index contributed by atoms with van der Waals surface area (Å²) in [5.41, 5.74) is 1.20. The molecule has 0 aromatic carbocycles. The van der Waals surface area contributed by atoms with Crippen LogP contribution in [0.15, 0.2) is 41.6 Å². The Kier molecular flexibility index (Phi) is 5.35. The van der Waals surface area contributed by atoms with Crippen LogP contribution in [0.2, 0.25) is 0 Å². The first kappa shape index (κ1) is 8.89. The highest BCUT2D eigenvalue weighted by Crippen LogP contribution is 1.86. The fourth-order valence-corrected chi connectivity index (χ4v) is 0.370. The van der Waals surface area contributed by atoms with Gasteiger partial charge in [-0.2, -0.15) is 0 Å². The van der Waals surface area contributed by atoms with Crippen LogP contribution < -0.4 is 0 Å². The number of hydrogen-bond acceptors (Lipinski definition) is 1. The summed E-state index contributed by atoms with van der Waals surface area (Å²) in [6, 6.07) is 0. The molecule has 0 fully saturated rings. The Morgan fingerprint density at radius 2 is 2.00 bits per heavy atom. The molecule has 0 unspecified atom stereocenters. The maximum atomic E-state index is 3.99. The molecule has 0 saturated carbocycles. The van der Waals surface area contributed by atoms with Gasteiger partial charge in [-0.25, -0.2) is 0 Å². The van der Waals surface area contributed by atoms with Crippen LogP contribution in [0.5, 0.6) is 0 Å². The highest BCUT2D eigenvalue weighted by atomic mass is 14.7. The van der Waals surface area contributed by atoms with E-state index in [9.17, 15) is 0 Å². The van der Waals surface area contributed by atoms with Crippen molar-refractivity contribution >= 4 is 6.21 Å². The van der Waals surface area contributed by atoms with Gasteiger partial charge in [-0.3, -0.25) is 4.99 Å². The molecule has 0 bridgehead atoms. The maximum absolute atomic E-state index is 3.99. The van der Waals surface area contributed by atoms with Crippen molar-refractivity contribution in [2.24, 2.45) is 4.99 Å². The zero-order valence-corrected chi connectivity index (χ0v) is 6.54. The molecule has 0 aliphatic carbocycles. The smallest absolute Gasteiger partial charge is 0.0267 e. The van der Waals surface area contributed by atoms with Crippen LogP contribution in [-0.2, 0) is 0 Å². The van der Waals surface area contributed by atoms with Crippen LogP contribution in [0, 0.1) is 0 Å². The Balaban J connectivity index is 3.67. The van der Waals surface area contributed by atoms with E-state index in [-0.39, 0.29) is 0 Å². The van der Waals surface area contributed by atoms with E-state index in [1.54, 1.807) is 12.3 Å². The molecule has 0 saturated heterocycles. The van der Waals surface area contributed by atoms with Crippen molar-refractivity contribution < 1.29 is 0 Å². The first-order chi connectivity index (χ1) is 4.77. The van der Waals surface area contributed by atoms with Gasteiger partial charge in [0.25, 0.3) is 0 Å². The van der Waals surface area contributed by atoms with Gasteiger partial charge in [-0.15, -0.1) is 0 Å². The molecule has 0 aromatic rings. The van der Waals surface area contributed by atoms with E-state index in [1.807, 2.05) is 32.2 Å². The van der Waals surface area contributed by atoms with Crippen molar-refractivity contribution in [1.29, 1.82) is 0 Å². The van der Waals surface area contributed by atoms with Crippen LogP contribution in [0.3, 0.4) is 0 Å². The predicted molar refractivity (Wildman–Crippen MR) is 47.3 cm³/mol. The van der Waals surface area contributed by atoms with Crippen LogP contribution in [0.4, 0.5) is 0 Å². The number of hydrogen-bond donors (Lipinski definition) is 0. The molecular weight excluding hydrogens is 122 g/mol. The summed E-state index contributed by atoms with van der Waals surface area (Å²) in [4.78, 5) is 3.99. The summed E-state index contributed by atoms with van der Waals surface area (Å²) in [5.74, 6) is 0. The van der Waals surface area contributed by atoms with E-state index < -0.39 is 0 Å². The molecule has 0 rings (SSSR count). The average molecular weight is 135 g/mol. The largest absolute Gasteiger partial charge is 0.265 e. The third kappa shape index (κ3) is 6.89. The molecule has 0 aliphatic heterocycles. The molecule has 0 aromatic heterocycles. The summed E-state index contributed by atoms with van der Waals surface area (Å²) in [6.07, 6.45) is 8.94. The van der Waals surface area contributed by atoms with Gasteiger partial charge in [-0.05, 0) is 19.9 Å². The fraction of sp³-hybridized carbons (Fsp3) is 0.222. The summed E-state index contributed by atoms with van der Waals surface area (Å²) in [7, 11) is 0. The second-order valence-corrected chi connectivity index (χ2v) is 2.13. The zero-order valence-electron chi connectivity index (χ0n) is 6.54. The molecular formula is C9H13N. The van der Waals surface area contributed by atoms with Gasteiger partial charge in [0.1, 0.15) is 0 Å². The third-order valence-electron chi connectivity index (χ3n) is 0.752. The quantitative estimate of drug-likeness (QED) is 0.417. The lowest BCUT2D eigenvalue weighted by Crippen LogP contribution is -1.63. The lowest BCUT2D eigenvalue weighted by atomic mass is 10.4. The summed E-state index contributed by atoms with van der Waals surface area (Å²) in [5, 5.41) is 0. The van der Waals surface area contributed by atoms with Crippen LogP contribution >= 0.6 is 0 Å². The summed E-state index contributed by atoms with van der Waals surface area (Å²) >= 11 is 0. The highest BCUT2D eigenvalue weighted by molar-refractivity contribution is 5.72. The molecule has 1 heteroatoms. The van der Waals surface area contributed by atoms with Crippen molar-refractivity contribution in [1.82, 2.24) is 0 Å². The van der Waals surface area contributed by atoms with E-state index in [4.69, 9.17) is 0 Å². The van der Waals surface area contributed by atoms with Crippen molar-refractivity contribution in [3.05, 3.63) is 36.6 Å². The van der Waals surface area contributed by atoms with Gasteiger partial charge >= 0.3 is 0 Å². The molecule has 0 atom stereocenters. The number of aliphatic imine (C=N–C) groups is 1. The first-order valence-electron chi connectivity index (χ1n) is 3.21. The predicted octanol–water partition coefficient (Wildman–Crippen LogP) is 2.72. The van der Waals surface area contributed by atoms with Gasteiger partial charge in [0, 0.05) is 12.4 Å². The van der Waals surface area contributed by atoms with Crippen molar-refractivity contribution in [2.45, 2.75) is 13.8 Å². The molecule has 54 valence electrons. The molecule has 0 aliphatic rings. The molecule has 0 amide bonds. The first-order valence-corrected chi connectivity index (χ1v) is 3.21. The molecule has 10 heavy (non-hydrogen) atoms. The summed E-state index contributed by atoms with van der Waals surface area (Å²) in [6.45, 7) is 7.55. The van der Waals surface area contributed by atoms with E-state index >= 15 is 0 Å². The molecule has 0 heterocycles. The fourth-order valence-electron chi connectivity index (χ4n) is 0.370. The molecule has 0 spiro atoms. The van der Waals surface area contributed by atoms with Crippen molar-refractivity contribution in [3.8, 4) is 0 Å². The van der Waals surface area contributed by atoms with Crippen LogP contribution in [0.25, 0.3) is 0 Å². The minimum Gasteiger partial charge on any atom is -0.265 e. The second kappa shape index (κ2) is 6.02. The second-order valence-electron chi connectivity index (χ2n) is 2.13. The number of allylic oxidation sites excluding steroid dienone is 4. The SMILES string of the molecule is C=CC=CC=NC=C(C)C. The van der Waals surface area contributed by atoms with Gasteiger partial charge in [0.05, 0.1) is 0 Å². The molecule has 0 N–H and O–H groups in total. The summed E-state index contributed by atoms with van der Waals surface area (Å²) < 4.78 is 0. The number of rotatable bonds is 3. The highest BCUT2D eigenvalue weighted by Gasteiger charge is 1.67. The Labute approximate surface area is 62.5 Å². The van der Waals surface area contributed by atoms with E-state index in [1.165, 1.54) is 5.57 Å². The van der Waals surface area contributed by atoms with E-state index in [0.717, 1.165) is 0 Å². The third-order valence-corrected chi connectivity index (χ3v) is 0.752. The van der Waals surface area contributed by atoms with Gasteiger partial charge < -0.3 is 0 Å². The minimum absolute atomic E-state index is 1.20. The van der Waals surface area contributed by atoms with E-state index in [0.29, 0.717) is 0 Å².